The number of anilines is 1. The summed E-state index contributed by atoms with van der Waals surface area (Å²) in [6.45, 7) is 0.408. The van der Waals surface area contributed by atoms with Crippen molar-refractivity contribution in [3.63, 3.8) is 0 Å². The first-order valence-corrected chi connectivity index (χ1v) is 9.68. The summed E-state index contributed by atoms with van der Waals surface area (Å²) < 4.78 is 25.3. The molecule has 0 bridgehead atoms. The maximum absolute atomic E-state index is 12.4. The molecular weight excluding hydrogens is 300 g/mol. The van der Waals surface area contributed by atoms with Gasteiger partial charge < -0.3 is 5.32 Å². The summed E-state index contributed by atoms with van der Waals surface area (Å²) in [6, 6.07) is 7.34. The topological polar surface area (TPSA) is 66.5 Å². The van der Waals surface area contributed by atoms with Crippen LogP contribution in [0.1, 0.15) is 43.7 Å². The molecule has 1 saturated carbocycles. The van der Waals surface area contributed by atoms with E-state index in [0.717, 1.165) is 31.2 Å². The van der Waals surface area contributed by atoms with Gasteiger partial charge in [0.05, 0.1) is 18.0 Å². The van der Waals surface area contributed by atoms with Gasteiger partial charge in [0.2, 0.25) is 15.9 Å². The SMILES string of the molecule is CS(=O)(=O)N1CCC(NC(=O)C2CCCC2)c2ccccc21. The third kappa shape index (κ3) is 2.97. The number of rotatable bonds is 3. The number of hydrogen-bond acceptors (Lipinski definition) is 3. The Morgan fingerprint density at radius 1 is 1.18 bits per heavy atom. The molecule has 22 heavy (non-hydrogen) atoms. The van der Waals surface area contributed by atoms with E-state index >= 15 is 0 Å². The fourth-order valence-corrected chi connectivity index (χ4v) is 4.46. The Morgan fingerprint density at radius 3 is 2.55 bits per heavy atom. The standard InChI is InChI=1S/C16H22N2O3S/c1-22(20,21)18-11-10-14(13-8-4-5-9-15(13)18)17-16(19)12-6-2-3-7-12/h4-5,8-9,12,14H,2-3,6-7,10-11H2,1H3,(H,17,19). The fraction of sp³-hybridized carbons (Fsp3) is 0.562. The Kier molecular flexibility index (Phi) is 4.12. The molecule has 1 aromatic carbocycles. The van der Waals surface area contributed by atoms with Gasteiger partial charge in [-0.2, -0.15) is 0 Å². The Bertz CT molecular complexity index is 666. The number of hydrogen-bond donors (Lipinski definition) is 1. The van der Waals surface area contributed by atoms with E-state index < -0.39 is 10.0 Å². The number of benzene rings is 1. The minimum Gasteiger partial charge on any atom is -0.349 e. The fourth-order valence-electron chi connectivity index (χ4n) is 3.50. The molecule has 0 spiro atoms. The van der Waals surface area contributed by atoms with Gasteiger partial charge in [0, 0.05) is 12.5 Å². The van der Waals surface area contributed by atoms with Crippen LogP contribution >= 0.6 is 0 Å². The van der Waals surface area contributed by atoms with Crippen molar-refractivity contribution in [1.29, 1.82) is 0 Å². The predicted octanol–water partition coefficient (Wildman–Crippen LogP) is 2.20. The van der Waals surface area contributed by atoms with Gasteiger partial charge >= 0.3 is 0 Å². The lowest BCUT2D eigenvalue weighted by Gasteiger charge is -2.34. The summed E-state index contributed by atoms with van der Waals surface area (Å²) in [6.07, 6.45) is 6.03. The molecule has 1 aliphatic carbocycles. The number of sulfonamides is 1. The monoisotopic (exact) mass is 322 g/mol. The quantitative estimate of drug-likeness (QED) is 0.928. The zero-order chi connectivity index (χ0) is 15.7. The van der Waals surface area contributed by atoms with Gasteiger partial charge in [-0.05, 0) is 30.9 Å². The maximum Gasteiger partial charge on any atom is 0.232 e. The van der Waals surface area contributed by atoms with E-state index in [2.05, 4.69) is 5.32 Å². The zero-order valence-corrected chi connectivity index (χ0v) is 13.6. The zero-order valence-electron chi connectivity index (χ0n) is 12.8. The Morgan fingerprint density at radius 2 is 1.86 bits per heavy atom. The molecule has 0 aromatic heterocycles. The highest BCUT2D eigenvalue weighted by molar-refractivity contribution is 7.92. The molecule has 2 aliphatic rings. The molecular formula is C16H22N2O3S. The van der Waals surface area contributed by atoms with Gasteiger partial charge in [0.1, 0.15) is 0 Å². The Labute approximate surface area is 131 Å². The first-order valence-electron chi connectivity index (χ1n) is 7.84. The number of nitrogens with one attached hydrogen (secondary N) is 1. The van der Waals surface area contributed by atoms with E-state index in [9.17, 15) is 13.2 Å². The smallest absolute Gasteiger partial charge is 0.232 e. The molecule has 1 N–H and O–H groups in total. The van der Waals surface area contributed by atoms with Crippen LogP contribution in [0.3, 0.4) is 0 Å². The molecule has 0 radical (unpaired) electrons. The molecule has 120 valence electrons. The van der Waals surface area contributed by atoms with Crippen molar-refractivity contribution in [3.05, 3.63) is 29.8 Å². The summed E-state index contributed by atoms with van der Waals surface area (Å²) in [7, 11) is -3.29. The summed E-state index contributed by atoms with van der Waals surface area (Å²) in [4.78, 5) is 12.4. The van der Waals surface area contributed by atoms with Gasteiger partial charge in [0.25, 0.3) is 0 Å². The lowest BCUT2D eigenvalue weighted by Crippen LogP contribution is -2.41. The highest BCUT2D eigenvalue weighted by Crippen LogP contribution is 2.35. The van der Waals surface area contributed by atoms with Crippen LogP contribution < -0.4 is 9.62 Å². The molecule has 1 atom stereocenters. The van der Waals surface area contributed by atoms with Crippen molar-refractivity contribution < 1.29 is 13.2 Å². The van der Waals surface area contributed by atoms with E-state index in [1.807, 2.05) is 24.3 Å². The summed E-state index contributed by atoms with van der Waals surface area (Å²) in [5, 5.41) is 3.13. The van der Waals surface area contributed by atoms with Gasteiger partial charge in [0.15, 0.2) is 0 Å². The number of fused-ring (bicyclic) bond motifs is 1. The minimum atomic E-state index is -3.29. The van der Waals surface area contributed by atoms with Gasteiger partial charge in [-0.15, -0.1) is 0 Å². The molecule has 1 aliphatic heterocycles. The third-order valence-electron chi connectivity index (χ3n) is 4.64. The molecule has 3 rings (SSSR count). The van der Waals surface area contributed by atoms with Crippen molar-refractivity contribution in [2.75, 3.05) is 17.1 Å². The predicted molar refractivity (Wildman–Crippen MR) is 86.1 cm³/mol. The van der Waals surface area contributed by atoms with Crippen LogP contribution in [0.15, 0.2) is 24.3 Å². The molecule has 1 fully saturated rings. The number of carbonyl (C=O) groups excluding carboxylic acids is 1. The van der Waals surface area contributed by atoms with Crippen LogP contribution in [0.5, 0.6) is 0 Å². The molecule has 5 nitrogen and oxygen atoms in total. The second kappa shape index (κ2) is 5.91. The van der Waals surface area contributed by atoms with Crippen LogP contribution in [-0.4, -0.2) is 27.1 Å². The van der Waals surface area contributed by atoms with Gasteiger partial charge in [-0.25, -0.2) is 8.42 Å². The molecule has 1 aromatic rings. The molecule has 6 heteroatoms. The maximum atomic E-state index is 12.4. The second-order valence-electron chi connectivity index (χ2n) is 6.23. The number of carbonyl (C=O) groups is 1. The number of amides is 1. The lowest BCUT2D eigenvalue weighted by atomic mass is 9.96. The van der Waals surface area contributed by atoms with Crippen molar-refractivity contribution in [1.82, 2.24) is 5.32 Å². The Balaban J connectivity index is 1.83. The van der Waals surface area contributed by atoms with Crippen LogP contribution in [-0.2, 0) is 14.8 Å². The van der Waals surface area contributed by atoms with Crippen LogP contribution in [0.25, 0.3) is 0 Å². The van der Waals surface area contributed by atoms with Crippen LogP contribution in [0.4, 0.5) is 5.69 Å². The van der Waals surface area contributed by atoms with Gasteiger partial charge in [-0.3, -0.25) is 9.10 Å². The minimum absolute atomic E-state index is 0.0951. The van der Waals surface area contributed by atoms with E-state index in [4.69, 9.17) is 0 Å². The van der Waals surface area contributed by atoms with E-state index in [1.54, 1.807) is 0 Å². The van der Waals surface area contributed by atoms with Crippen molar-refractivity contribution >= 4 is 21.6 Å². The lowest BCUT2D eigenvalue weighted by molar-refractivity contribution is -0.125. The summed E-state index contributed by atoms with van der Waals surface area (Å²) >= 11 is 0. The van der Waals surface area contributed by atoms with Crippen molar-refractivity contribution in [2.45, 2.75) is 38.1 Å². The highest BCUT2D eigenvalue weighted by Gasteiger charge is 2.32. The average Bonchev–Trinajstić information content (AvgIpc) is 3.00. The van der Waals surface area contributed by atoms with E-state index in [0.29, 0.717) is 18.7 Å². The Hall–Kier alpha value is -1.56. The van der Waals surface area contributed by atoms with Crippen LogP contribution in [0, 0.1) is 5.92 Å². The van der Waals surface area contributed by atoms with E-state index in [-0.39, 0.29) is 17.9 Å². The van der Waals surface area contributed by atoms with E-state index in [1.165, 1.54) is 10.6 Å². The summed E-state index contributed by atoms with van der Waals surface area (Å²) in [5.74, 6) is 0.241. The first-order chi connectivity index (χ1) is 10.5. The number of para-hydroxylation sites is 1. The molecule has 1 unspecified atom stereocenters. The normalized spacial score (nSPS) is 22.4. The highest BCUT2D eigenvalue weighted by atomic mass is 32.2. The largest absolute Gasteiger partial charge is 0.349 e. The van der Waals surface area contributed by atoms with Crippen molar-refractivity contribution in [2.24, 2.45) is 5.92 Å². The average molecular weight is 322 g/mol. The number of nitrogens with zero attached hydrogens (tertiary/aromatic N) is 1. The molecule has 0 saturated heterocycles. The van der Waals surface area contributed by atoms with Crippen molar-refractivity contribution in [3.8, 4) is 0 Å². The summed E-state index contributed by atoms with van der Waals surface area (Å²) in [5.41, 5.74) is 1.58. The van der Waals surface area contributed by atoms with Crippen LogP contribution in [0.2, 0.25) is 0 Å². The second-order valence-corrected chi connectivity index (χ2v) is 8.13. The van der Waals surface area contributed by atoms with Gasteiger partial charge in [-0.1, -0.05) is 31.0 Å². The third-order valence-corrected chi connectivity index (χ3v) is 5.82. The first kappa shape index (κ1) is 15.3. The molecule has 1 amide bonds. The molecule has 1 heterocycles.